The highest BCUT2D eigenvalue weighted by molar-refractivity contribution is 5.89. The first kappa shape index (κ1) is 12.0. The highest BCUT2D eigenvalue weighted by Gasteiger charge is 2.25. The molecule has 1 N–H and O–H groups in total. The largest absolute Gasteiger partial charge is 0.345 e. The normalized spacial score (nSPS) is 22.9. The Hall–Kier alpha value is -1.06. The molecule has 0 bridgehead atoms. The maximum atomic E-state index is 11.8. The molecule has 0 aromatic carbocycles. The van der Waals surface area contributed by atoms with Crippen molar-refractivity contribution in [2.24, 2.45) is 5.92 Å². The number of hydrogen-bond donors (Lipinski definition) is 1. The highest BCUT2D eigenvalue weighted by Crippen LogP contribution is 2.07. The number of rotatable bonds is 3. The van der Waals surface area contributed by atoms with E-state index in [1.165, 1.54) is 0 Å². The van der Waals surface area contributed by atoms with Crippen LogP contribution in [-0.2, 0) is 9.59 Å². The van der Waals surface area contributed by atoms with Crippen molar-refractivity contribution in [2.45, 2.75) is 39.7 Å². The summed E-state index contributed by atoms with van der Waals surface area (Å²) in [6.45, 7) is 7.33. The van der Waals surface area contributed by atoms with Crippen LogP contribution in [0.15, 0.2) is 0 Å². The molecule has 1 saturated heterocycles. The van der Waals surface area contributed by atoms with Gasteiger partial charge in [0.05, 0.1) is 0 Å². The molecule has 4 nitrogen and oxygen atoms in total. The molecule has 2 amide bonds. The molecule has 0 spiro atoms. The standard InChI is InChI=1S/C11H20N2O2/c1-8(2)4-6-13-7-5-10(14)12-9(3)11(13)15/h8-9H,4-7H2,1-3H3,(H,12,14). The van der Waals surface area contributed by atoms with Crippen LogP contribution >= 0.6 is 0 Å². The number of nitrogens with one attached hydrogen (secondary N) is 1. The molecule has 1 atom stereocenters. The van der Waals surface area contributed by atoms with Crippen molar-refractivity contribution in [1.29, 1.82) is 0 Å². The zero-order chi connectivity index (χ0) is 11.4. The second kappa shape index (κ2) is 5.14. The predicted octanol–water partition coefficient (Wildman–Crippen LogP) is 0.769. The lowest BCUT2D eigenvalue weighted by molar-refractivity contribution is -0.133. The third-order valence-electron chi connectivity index (χ3n) is 2.64. The lowest BCUT2D eigenvalue weighted by Gasteiger charge is -2.22. The summed E-state index contributed by atoms with van der Waals surface area (Å²) in [5.41, 5.74) is 0. The maximum absolute atomic E-state index is 11.8. The number of amides is 2. The smallest absolute Gasteiger partial charge is 0.244 e. The summed E-state index contributed by atoms with van der Waals surface area (Å²) >= 11 is 0. The van der Waals surface area contributed by atoms with Crippen molar-refractivity contribution >= 4 is 11.8 Å². The number of carbonyl (C=O) groups is 2. The Balaban J connectivity index is 2.54. The van der Waals surface area contributed by atoms with Crippen LogP contribution in [0, 0.1) is 5.92 Å². The quantitative estimate of drug-likeness (QED) is 0.751. The minimum Gasteiger partial charge on any atom is -0.345 e. The van der Waals surface area contributed by atoms with Gasteiger partial charge in [-0.05, 0) is 19.3 Å². The Morgan fingerprint density at radius 1 is 1.47 bits per heavy atom. The molecule has 0 saturated carbocycles. The fourth-order valence-electron chi connectivity index (χ4n) is 1.63. The Morgan fingerprint density at radius 3 is 2.73 bits per heavy atom. The summed E-state index contributed by atoms with van der Waals surface area (Å²) in [7, 11) is 0. The van der Waals surface area contributed by atoms with Crippen LogP contribution in [0.5, 0.6) is 0 Å². The zero-order valence-electron chi connectivity index (χ0n) is 9.75. The Kier molecular flexibility index (Phi) is 4.12. The first-order valence-electron chi connectivity index (χ1n) is 5.59. The van der Waals surface area contributed by atoms with Gasteiger partial charge >= 0.3 is 0 Å². The molecule has 1 aliphatic heterocycles. The minimum absolute atomic E-state index is 0.0251. The van der Waals surface area contributed by atoms with Gasteiger partial charge in [-0.15, -0.1) is 0 Å². The highest BCUT2D eigenvalue weighted by atomic mass is 16.2. The van der Waals surface area contributed by atoms with E-state index in [0.29, 0.717) is 18.9 Å². The summed E-state index contributed by atoms with van der Waals surface area (Å²) in [6, 6.07) is -0.368. The fraction of sp³-hybridized carbons (Fsp3) is 0.818. The minimum atomic E-state index is -0.368. The second-order valence-corrected chi connectivity index (χ2v) is 4.55. The summed E-state index contributed by atoms with van der Waals surface area (Å²) in [6.07, 6.45) is 1.42. The van der Waals surface area contributed by atoms with Crippen molar-refractivity contribution in [3.8, 4) is 0 Å². The average Bonchev–Trinajstić information content (AvgIpc) is 2.26. The third kappa shape index (κ3) is 3.53. The molecule has 1 heterocycles. The molecule has 1 fully saturated rings. The molecule has 0 aliphatic carbocycles. The molecule has 4 heteroatoms. The lowest BCUT2D eigenvalue weighted by Crippen LogP contribution is -2.43. The van der Waals surface area contributed by atoms with E-state index in [2.05, 4.69) is 19.2 Å². The van der Waals surface area contributed by atoms with Gasteiger partial charge in [-0.25, -0.2) is 0 Å². The van der Waals surface area contributed by atoms with Crippen LogP contribution in [-0.4, -0.2) is 35.8 Å². The number of nitrogens with zero attached hydrogens (tertiary/aromatic N) is 1. The van der Waals surface area contributed by atoms with E-state index in [9.17, 15) is 9.59 Å². The zero-order valence-corrected chi connectivity index (χ0v) is 9.75. The second-order valence-electron chi connectivity index (χ2n) is 4.55. The number of hydrogen-bond acceptors (Lipinski definition) is 2. The van der Waals surface area contributed by atoms with E-state index in [0.717, 1.165) is 13.0 Å². The fourth-order valence-corrected chi connectivity index (χ4v) is 1.63. The van der Waals surface area contributed by atoms with Crippen molar-refractivity contribution in [3.63, 3.8) is 0 Å². The van der Waals surface area contributed by atoms with Crippen molar-refractivity contribution < 1.29 is 9.59 Å². The van der Waals surface area contributed by atoms with Crippen LogP contribution in [0.25, 0.3) is 0 Å². The molecular formula is C11H20N2O2. The summed E-state index contributed by atoms with van der Waals surface area (Å²) in [4.78, 5) is 24.8. The van der Waals surface area contributed by atoms with Gasteiger partial charge < -0.3 is 10.2 Å². The predicted molar refractivity (Wildman–Crippen MR) is 58.3 cm³/mol. The van der Waals surface area contributed by atoms with Gasteiger partial charge in [0.1, 0.15) is 6.04 Å². The first-order chi connectivity index (χ1) is 7.00. The van der Waals surface area contributed by atoms with Gasteiger partial charge in [0.2, 0.25) is 11.8 Å². The Morgan fingerprint density at radius 2 is 2.13 bits per heavy atom. The van der Waals surface area contributed by atoms with Gasteiger partial charge in [0.15, 0.2) is 0 Å². The topological polar surface area (TPSA) is 49.4 Å². The van der Waals surface area contributed by atoms with Crippen LogP contribution in [0.1, 0.15) is 33.6 Å². The van der Waals surface area contributed by atoms with Gasteiger partial charge in [-0.1, -0.05) is 13.8 Å². The van der Waals surface area contributed by atoms with E-state index < -0.39 is 0 Å². The molecule has 0 aromatic rings. The van der Waals surface area contributed by atoms with E-state index in [4.69, 9.17) is 0 Å². The molecular weight excluding hydrogens is 192 g/mol. The van der Waals surface area contributed by atoms with E-state index in [-0.39, 0.29) is 17.9 Å². The summed E-state index contributed by atoms with van der Waals surface area (Å²) in [5.74, 6) is 0.601. The van der Waals surface area contributed by atoms with Crippen LogP contribution < -0.4 is 5.32 Å². The molecule has 1 unspecified atom stereocenters. The molecule has 1 rings (SSSR count). The third-order valence-corrected chi connectivity index (χ3v) is 2.64. The Labute approximate surface area is 91.0 Å². The average molecular weight is 212 g/mol. The van der Waals surface area contributed by atoms with Crippen LogP contribution in [0.2, 0.25) is 0 Å². The number of carbonyl (C=O) groups excluding carboxylic acids is 2. The monoisotopic (exact) mass is 212 g/mol. The van der Waals surface area contributed by atoms with E-state index in [1.54, 1.807) is 11.8 Å². The van der Waals surface area contributed by atoms with Crippen molar-refractivity contribution in [2.75, 3.05) is 13.1 Å². The summed E-state index contributed by atoms with van der Waals surface area (Å²) in [5, 5.41) is 2.68. The van der Waals surface area contributed by atoms with Crippen LogP contribution in [0.3, 0.4) is 0 Å². The first-order valence-corrected chi connectivity index (χ1v) is 5.59. The summed E-state index contributed by atoms with van der Waals surface area (Å²) < 4.78 is 0. The molecule has 86 valence electrons. The van der Waals surface area contributed by atoms with Crippen molar-refractivity contribution in [1.82, 2.24) is 10.2 Å². The Bertz CT molecular complexity index is 251. The van der Waals surface area contributed by atoms with E-state index >= 15 is 0 Å². The van der Waals surface area contributed by atoms with Crippen LogP contribution in [0.4, 0.5) is 0 Å². The maximum Gasteiger partial charge on any atom is 0.244 e. The van der Waals surface area contributed by atoms with Gasteiger partial charge in [0.25, 0.3) is 0 Å². The van der Waals surface area contributed by atoms with E-state index in [1.807, 2.05) is 0 Å². The SMILES string of the molecule is CC(C)CCN1CCC(=O)NC(C)C1=O. The van der Waals surface area contributed by atoms with Gasteiger partial charge in [-0.2, -0.15) is 0 Å². The van der Waals surface area contributed by atoms with Crippen molar-refractivity contribution in [3.05, 3.63) is 0 Å². The lowest BCUT2D eigenvalue weighted by atomic mass is 10.1. The molecule has 0 radical (unpaired) electrons. The molecule has 0 aromatic heterocycles. The molecule has 1 aliphatic rings. The van der Waals surface area contributed by atoms with Gasteiger partial charge in [0, 0.05) is 19.5 Å². The van der Waals surface area contributed by atoms with Gasteiger partial charge in [-0.3, -0.25) is 9.59 Å². The molecule has 15 heavy (non-hydrogen) atoms.